The lowest BCUT2D eigenvalue weighted by Crippen LogP contribution is -2.45. The molecule has 1 N–H and O–H groups in total. The monoisotopic (exact) mass is 374 g/mol. The number of carbonyl (C=O) groups excluding carboxylic acids is 2. The lowest BCUT2D eigenvalue weighted by molar-refractivity contribution is 0.0761. The Hall–Kier alpha value is -1.98. The number of rotatable bonds is 3. The van der Waals surface area contributed by atoms with Crippen molar-refractivity contribution in [2.75, 3.05) is 26.2 Å². The van der Waals surface area contributed by atoms with Gasteiger partial charge in [-0.2, -0.15) is 0 Å². The third-order valence-electron chi connectivity index (χ3n) is 5.98. The Morgan fingerprint density at radius 1 is 1.00 bits per heavy atom. The van der Waals surface area contributed by atoms with Crippen molar-refractivity contribution in [2.24, 2.45) is 0 Å². The van der Waals surface area contributed by atoms with Gasteiger partial charge in [-0.15, -0.1) is 0 Å². The second kappa shape index (κ2) is 8.36. The molecule has 0 spiro atoms. The van der Waals surface area contributed by atoms with Crippen LogP contribution >= 0.6 is 0 Å². The smallest absolute Gasteiger partial charge is 0.317 e. The molecule has 1 aliphatic heterocycles. The van der Waals surface area contributed by atoms with Crippen molar-refractivity contribution in [1.29, 1.82) is 0 Å². The van der Waals surface area contributed by atoms with E-state index in [0.717, 1.165) is 36.2 Å². The van der Waals surface area contributed by atoms with Gasteiger partial charge in [0.05, 0.1) is 5.56 Å². The summed E-state index contributed by atoms with van der Waals surface area (Å²) < 4.78 is 2.21. The van der Waals surface area contributed by atoms with Crippen molar-refractivity contribution < 1.29 is 9.59 Å². The van der Waals surface area contributed by atoms with Gasteiger partial charge in [0.1, 0.15) is 0 Å². The lowest BCUT2D eigenvalue weighted by atomic mass is 10.2. The van der Waals surface area contributed by atoms with Gasteiger partial charge < -0.3 is 19.7 Å². The number of carbonyl (C=O) groups is 2. The molecule has 0 bridgehead atoms. The maximum absolute atomic E-state index is 13.1. The lowest BCUT2D eigenvalue weighted by Gasteiger charge is -2.24. The van der Waals surface area contributed by atoms with Crippen molar-refractivity contribution in [2.45, 2.75) is 71.9 Å². The highest BCUT2D eigenvalue weighted by Gasteiger charge is 2.27. The molecule has 1 aromatic heterocycles. The number of hydrogen-bond acceptors (Lipinski definition) is 2. The molecule has 1 aromatic rings. The second-order valence-corrected chi connectivity index (χ2v) is 8.31. The zero-order valence-electron chi connectivity index (χ0n) is 17.3. The zero-order valence-corrected chi connectivity index (χ0v) is 17.3. The molecule has 6 nitrogen and oxygen atoms in total. The quantitative estimate of drug-likeness (QED) is 0.880. The summed E-state index contributed by atoms with van der Waals surface area (Å²) in [5, 5.41) is 3.16. The molecule has 2 fully saturated rings. The number of hydrogen-bond donors (Lipinski definition) is 1. The van der Waals surface area contributed by atoms with Gasteiger partial charge in [-0.3, -0.25) is 4.79 Å². The molecule has 1 aliphatic carbocycles. The highest BCUT2D eigenvalue weighted by atomic mass is 16.2. The summed E-state index contributed by atoms with van der Waals surface area (Å²) in [6.45, 7) is 11.0. The minimum atomic E-state index is 0.0363. The fourth-order valence-electron chi connectivity index (χ4n) is 4.62. The van der Waals surface area contributed by atoms with Crippen molar-refractivity contribution in [3.8, 4) is 0 Å². The summed E-state index contributed by atoms with van der Waals surface area (Å²) in [4.78, 5) is 29.4. The highest BCUT2D eigenvalue weighted by Crippen LogP contribution is 2.22. The second-order valence-electron chi connectivity index (χ2n) is 8.31. The normalized spacial score (nSPS) is 18.9. The molecule has 0 radical (unpaired) electrons. The molecule has 1 saturated heterocycles. The topological polar surface area (TPSA) is 57.6 Å². The van der Waals surface area contributed by atoms with E-state index in [1.54, 1.807) is 0 Å². The fourth-order valence-corrected chi connectivity index (χ4v) is 4.62. The van der Waals surface area contributed by atoms with E-state index in [4.69, 9.17) is 0 Å². The molecule has 150 valence electrons. The van der Waals surface area contributed by atoms with E-state index in [-0.39, 0.29) is 11.9 Å². The van der Waals surface area contributed by atoms with Crippen LogP contribution in [0.3, 0.4) is 0 Å². The Kier molecular flexibility index (Phi) is 6.12. The molecular weight excluding hydrogens is 340 g/mol. The molecule has 6 heteroatoms. The van der Waals surface area contributed by atoms with Crippen LogP contribution in [0.5, 0.6) is 0 Å². The van der Waals surface area contributed by atoms with Crippen LogP contribution in [0.4, 0.5) is 4.79 Å². The van der Waals surface area contributed by atoms with E-state index in [9.17, 15) is 9.59 Å². The largest absolute Gasteiger partial charge is 0.346 e. The molecule has 3 rings (SSSR count). The van der Waals surface area contributed by atoms with Gasteiger partial charge in [0, 0.05) is 49.7 Å². The molecule has 0 unspecified atom stereocenters. The number of aromatic nitrogens is 1. The maximum Gasteiger partial charge on any atom is 0.317 e. The summed E-state index contributed by atoms with van der Waals surface area (Å²) in [6, 6.07) is 2.71. The standard InChI is InChI=1S/C21H34N4O2/c1-15(2)25-16(3)14-19(17(25)4)20(26)23-10-7-11-24(13-12-23)21(27)22-18-8-5-6-9-18/h14-15,18H,5-13H2,1-4H3,(H,22,27). The first-order valence-corrected chi connectivity index (χ1v) is 10.4. The van der Waals surface area contributed by atoms with Gasteiger partial charge in [0.2, 0.25) is 0 Å². The predicted molar refractivity (Wildman–Crippen MR) is 107 cm³/mol. The van der Waals surface area contributed by atoms with Crippen LogP contribution in [-0.4, -0.2) is 58.5 Å². The summed E-state index contributed by atoms with van der Waals surface area (Å²) in [5.41, 5.74) is 2.95. The van der Waals surface area contributed by atoms with Crippen LogP contribution in [0.15, 0.2) is 6.07 Å². The van der Waals surface area contributed by atoms with Crippen LogP contribution in [0.1, 0.15) is 73.7 Å². The molecule has 27 heavy (non-hydrogen) atoms. The third kappa shape index (κ3) is 4.30. The van der Waals surface area contributed by atoms with E-state index >= 15 is 0 Å². The van der Waals surface area contributed by atoms with Crippen LogP contribution in [0.2, 0.25) is 0 Å². The number of nitrogens with zero attached hydrogens (tertiary/aromatic N) is 3. The number of amides is 3. The summed E-state index contributed by atoms with van der Waals surface area (Å²) >= 11 is 0. The number of urea groups is 1. The van der Waals surface area contributed by atoms with Crippen molar-refractivity contribution in [1.82, 2.24) is 19.7 Å². The Balaban J connectivity index is 1.63. The van der Waals surface area contributed by atoms with Gasteiger partial charge in [-0.1, -0.05) is 12.8 Å². The van der Waals surface area contributed by atoms with Crippen LogP contribution < -0.4 is 5.32 Å². The molecule has 0 aromatic carbocycles. The van der Waals surface area contributed by atoms with E-state index in [1.165, 1.54) is 12.8 Å². The highest BCUT2D eigenvalue weighted by molar-refractivity contribution is 5.95. The zero-order chi connectivity index (χ0) is 19.6. The molecule has 1 saturated carbocycles. The van der Waals surface area contributed by atoms with Gasteiger partial charge in [-0.05, 0) is 53.0 Å². The van der Waals surface area contributed by atoms with Crippen LogP contribution in [-0.2, 0) is 0 Å². The Bertz CT molecular complexity index is 689. The van der Waals surface area contributed by atoms with Crippen LogP contribution in [0, 0.1) is 13.8 Å². The molecule has 3 amide bonds. The fraction of sp³-hybridized carbons (Fsp3) is 0.714. The summed E-state index contributed by atoms with van der Waals surface area (Å²) in [6.07, 6.45) is 5.43. The summed E-state index contributed by atoms with van der Waals surface area (Å²) in [7, 11) is 0. The van der Waals surface area contributed by atoms with Gasteiger partial charge in [-0.25, -0.2) is 4.79 Å². The van der Waals surface area contributed by atoms with Crippen molar-refractivity contribution in [3.63, 3.8) is 0 Å². The van der Waals surface area contributed by atoms with E-state index in [2.05, 4.69) is 30.7 Å². The van der Waals surface area contributed by atoms with Crippen molar-refractivity contribution in [3.05, 3.63) is 23.0 Å². The first-order chi connectivity index (χ1) is 12.9. The summed E-state index contributed by atoms with van der Waals surface area (Å²) in [5.74, 6) is 0.0908. The Labute approximate surface area is 162 Å². The van der Waals surface area contributed by atoms with Crippen molar-refractivity contribution >= 4 is 11.9 Å². The van der Waals surface area contributed by atoms with Crippen LogP contribution in [0.25, 0.3) is 0 Å². The van der Waals surface area contributed by atoms with E-state index < -0.39 is 0 Å². The molecule has 2 heterocycles. The molecular formula is C21H34N4O2. The number of aryl methyl sites for hydroxylation is 1. The average molecular weight is 375 g/mol. The first kappa shape index (κ1) is 19.8. The van der Waals surface area contributed by atoms with E-state index in [1.807, 2.05) is 22.8 Å². The Morgan fingerprint density at radius 3 is 2.26 bits per heavy atom. The predicted octanol–water partition coefficient (Wildman–Crippen LogP) is 3.49. The number of nitrogens with one attached hydrogen (secondary N) is 1. The minimum absolute atomic E-state index is 0.0363. The van der Waals surface area contributed by atoms with Gasteiger partial charge in [0.15, 0.2) is 0 Å². The van der Waals surface area contributed by atoms with Gasteiger partial charge in [0.25, 0.3) is 5.91 Å². The van der Waals surface area contributed by atoms with E-state index in [0.29, 0.717) is 38.3 Å². The minimum Gasteiger partial charge on any atom is -0.346 e. The first-order valence-electron chi connectivity index (χ1n) is 10.4. The SMILES string of the molecule is Cc1cc(C(=O)N2CCCN(C(=O)NC3CCCC3)CC2)c(C)n1C(C)C. The molecule has 2 aliphatic rings. The molecule has 0 atom stereocenters. The Morgan fingerprint density at radius 2 is 1.63 bits per heavy atom. The average Bonchev–Trinajstić information content (AvgIpc) is 3.13. The van der Waals surface area contributed by atoms with Gasteiger partial charge >= 0.3 is 6.03 Å². The maximum atomic E-state index is 13.1. The third-order valence-corrected chi connectivity index (χ3v) is 5.98.